The third-order valence-electron chi connectivity index (χ3n) is 4.78. The quantitative estimate of drug-likeness (QED) is 0.277. The number of hydrogen-bond acceptors (Lipinski definition) is 5. The number of aryl methyl sites for hydroxylation is 1. The molecule has 4 aromatic rings. The fraction of sp³-hybridized carbons (Fsp3) is 0.0870. The molecule has 2 heterocycles. The van der Waals surface area contributed by atoms with Crippen molar-refractivity contribution < 1.29 is 4.79 Å². The van der Waals surface area contributed by atoms with Crippen LogP contribution in [0.3, 0.4) is 0 Å². The Kier molecular flexibility index (Phi) is 6.50. The molecule has 4 rings (SSSR count). The zero-order valence-corrected chi connectivity index (χ0v) is 20.8. The normalized spacial score (nSPS) is 10.7. The van der Waals surface area contributed by atoms with Crippen LogP contribution in [0.5, 0.6) is 0 Å². The maximum absolute atomic E-state index is 13.0. The zero-order valence-electron chi connectivity index (χ0n) is 16.8. The summed E-state index contributed by atoms with van der Waals surface area (Å²) in [7, 11) is 0. The van der Waals surface area contributed by atoms with E-state index in [4.69, 9.17) is 0 Å². The lowest BCUT2D eigenvalue weighted by atomic mass is 10.1. The smallest absolute Gasteiger partial charge is 0.255 e. The van der Waals surface area contributed by atoms with Gasteiger partial charge in [0.2, 0.25) is 0 Å². The number of carbonyl (C=O) groups excluding carboxylic acids is 1. The minimum atomic E-state index is -0.183. The lowest BCUT2D eigenvalue weighted by Crippen LogP contribution is -2.15. The summed E-state index contributed by atoms with van der Waals surface area (Å²) in [6.07, 6.45) is 5.26. The highest BCUT2D eigenvalue weighted by Crippen LogP contribution is 2.37. The first-order valence-corrected chi connectivity index (χ1v) is 11.9. The lowest BCUT2D eigenvalue weighted by molar-refractivity contribution is 0.102. The highest BCUT2D eigenvalue weighted by molar-refractivity contribution is 9.11. The number of nitrogens with one attached hydrogen (secondary N) is 1. The molecule has 0 aliphatic carbocycles. The first kappa shape index (κ1) is 21.7. The molecular weight excluding hydrogens is 540 g/mol. The molecule has 0 bridgehead atoms. The van der Waals surface area contributed by atoms with Gasteiger partial charge in [-0.05, 0) is 61.4 Å². The average molecular weight is 558 g/mol. The molecule has 0 saturated heterocycles. The second-order valence-electron chi connectivity index (χ2n) is 6.88. The minimum Gasteiger partial charge on any atom is -0.322 e. The van der Waals surface area contributed by atoms with Gasteiger partial charge < -0.3 is 5.32 Å². The number of pyridine rings is 1. The number of amides is 1. The van der Waals surface area contributed by atoms with Gasteiger partial charge in [0.05, 0.1) is 11.4 Å². The molecule has 5 nitrogen and oxygen atoms in total. The molecule has 0 atom stereocenters. The third-order valence-corrected chi connectivity index (χ3v) is 7.19. The van der Waals surface area contributed by atoms with Crippen molar-refractivity contribution in [2.24, 2.45) is 0 Å². The predicted molar refractivity (Wildman–Crippen MR) is 134 cm³/mol. The van der Waals surface area contributed by atoms with Crippen LogP contribution in [-0.4, -0.2) is 15.9 Å². The van der Waals surface area contributed by atoms with Gasteiger partial charge in [0, 0.05) is 44.2 Å². The van der Waals surface area contributed by atoms with Crippen LogP contribution in [0, 0.1) is 13.8 Å². The topological polar surface area (TPSA) is 58.1 Å². The number of halogens is 2. The Morgan fingerprint density at radius 2 is 1.71 bits per heavy atom. The van der Waals surface area contributed by atoms with E-state index in [1.807, 2.05) is 66.6 Å². The molecular formula is C23H18Br2N4OS. The number of nitrogens with zero attached hydrogens (tertiary/aromatic N) is 3. The molecule has 0 aliphatic heterocycles. The SMILES string of the molecule is Cc1ccc(C(=O)Nc2cc(Br)c(C)c(Br)c2)cc1N(c1ccncc1)c1nccs1. The highest BCUT2D eigenvalue weighted by Gasteiger charge is 2.19. The Bertz CT molecular complexity index is 1210. The van der Waals surface area contributed by atoms with Gasteiger partial charge in [-0.2, -0.15) is 0 Å². The van der Waals surface area contributed by atoms with Crippen molar-refractivity contribution in [2.75, 3.05) is 10.2 Å². The molecule has 31 heavy (non-hydrogen) atoms. The number of rotatable bonds is 5. The van der Waals surface area contributed by atoms with Gasteiger partial charge in [-0.25, -0.2) is 4.98 Å². The van der Waals surface area contributed by atoms with Gasteiger partial charge in [0.15, 0.2) is 5.13 Å². The second-order valence-corrected chi connectivity index (χ2v) is 9.46. The van der Waals surface area contributed by atoms with Crippen molar-refractivity contribution >= 4 is 71.3 Å². The molecule has 0 saturated carbocycles. The van der Waals surface area contributed by atoms with Crippen LogP contribution >= 0.6 is 43.2 Å². The molecule has 0 radical (unpaired) electrons. The van der Waals surface area contributed by atoms with Gasteiger partial charge in [-0.3, -0.25) is 14.7 Å². The van der Waals surface area contributed by atoms with E-state index >= 15 is 0 Å². The predicted octanol–water partition coefficient (Wildman–Crippen LogP) is 7.40. The zero-order chi connectivity index (χ0) is 22.0. The Hall–Kier alpha value is -2.55. The van der Waals surface area contributed by atoms with Gasteiger partial charge >= 0.3 is 0 Å². The molecule has 0 fully saturated rings. The van der Waals surface area contributed by atoms with Crippen LogP contribution in [0.15, 0.2) is 75.4 Å². The van der Waals surface area contributed by atoms with Gasteiger partial charge in [-0.15, -0.1) is 11.3 Å². The van der Waals surface area contributed by atoms with E-state index in [0.717, 1.165) is 36.6 Å². The molecule has 156 valence electrons. The summed E-state index contributed by atoms with van der Waals surface area (Å²) in [4.78, 5) is 23.7. The average Bonchev–Trinajstić information content (AvgIpc) is 3.28. The molecule has 0 spiro atoms. The minimum absolute atomic E-state index is 0.183. The molecule has 1 amide bonds. The van der Waals surface area contributed by atoms with Crippen molar-refractivity contribution in [3.05, 3.63) is 92.1 Å². The van der Waals surface area contributed by atoms with E-state index in [1.165, 1.54) is 11.3 Å². The molecule has 2 aromatic carbocycles. The Morgan fingerprint density at radius 1 is 1.00 bits per heavy atom. The Labute approximate surface area is 201 Å². The molecule has 0 unspecified atom stereocenters. The van der Waals surface area contributed by atoms with Crippen LogP contribution < -0.4 is 10.2 Å². The van der Waals surface area contributed by atoms with Crippen molar-refractivity contribution in [2.45, 2.75) is 13.8 Å². The molecule has 2 aromatic heterocycles. The summed E-state index contributed by atoms with van der Waals surface area (Å²) in [5, 5.41) is 5.74. The molecule has 0 aliphatic rings. The van der Waals surface area contributed by atoms with E-state index in [9.17, 15) is 4.79 Å². The lowest BCUT2D eigenvalue weighted by Gasteiger charge is -2.24. The number of carbonyl (C=O) groups is 1. The van der Waals surface area contributed by atoms with Crippen LogP contribution in [-0.2, 0) is 0 Å². The second kappa shape index (κ2) is 9.30. The fourth-order valence-electron chi connectivity index (χ4n) is 3.08. The van der Waals surface area contributed by atoms with E-state index in [-0.39, 0.29) is 5.91 Å². The van der Waals surface area contributed by atoms with E-state index < -0.39 is 0 Å². The third kappa shape index (κ3) is 4.71. The van der Waals surface area contributed by atoms with Crippen LogP contribution in [0.25, 0.3) is 0 Å². The number of anilines is 4. The van der Waals surface area contributed by atoms with E-state index in [2.05, 4.69) is 47.1 Å². The van der Waals surface area contributed by atoms with Crippen molar-refractivity contribution in [3.63, 3.8) is 0 Å². The number of thiazole rings is 1. The molecule has 8 heteroatoms. The van der Waals surface area contributed by atoms with E-state index in [0.29, 0.717) is 11.3 Å². The maximum atomic E-state index is 13.0. The summed E-state index contributed by atoms with van der Waals surface area (Å²) >= 11 is 8.60. The van der Waals surface area contributed by atoms with Gasteiger partial charge in [-0.1, -0.05) is 37.9 Å². The summed E-state index contributed by atoms with van der Waals surface area (Å²) in [6, 6.07) is 13.3. The summed E-state index contributed by atoms with van der Waals surface area (Å²) in [5.41, 5.74) is 5.19. The number of benzene rings is 2. The Balaban J connectivity index is 1.71. The summed E-state index contributed by atoms with van der Waals surface area (Å²) in [6.45, 7) is 4.02. The largest absolute Gasteiger partial charge is 0.322 e. The van der Waals surface area contributed by atoms with Gasteiger partial charge in [0.25, 0.3) is 5.91 Å². The molecule has 1 N–H and O–H groups in total. The monoisotopic (exact) mass is 556 g/mol. The van der Waals surface area contributed by atoms with Crippen LogP contribution in [0.4, 0.5) is 22.2 Å². The van der Waals surface area contributed by atoms with Crippen molar-refractivity contribution in [1.29, 1.82) is 0 Å². The Morgan fingerprint density at radius 3 is 2.35 bits per heavy atom. The standard InChI is InChI=1S/C23H18Br2N4OS/c1-14-3-4-16(22(30)28-17-12-19(24)15(2)20(25)13-17)11-21(14)29(23-27-9-10-31-23)18-5-7-26-8-6-18/h3-13H,1-2H3,(H,28,30). The fourth-order valence-corrected chi connectivity index (χ4v) is 4.95. The summed E-state index contributed by atoms with van der Waals surface area (Å²) in [5.74, 6) is -0.183. The number of aromatic nitrogens is 2. The van der Waals surface area contributed by atoms with Crippen molar-refractivity contribution in [3.8, 4) is 0 Å². The van der Waals surface area contributed by atoms with Crippen LogP contribution in [0.1, 0.15) is 21.5 Å². The van der Waals surface area contributed by atoms with Crippen molar-refractivity contribution in [1.82, 2.24) is 9.97 Å². The highest BCUT2D eigenvalue weighted by atomic mass is 79.9. The number of hydrogen-bond donors (Lipinski definition) is 1. The van der Waals surface area contributed by atoms with E-state index in [1.54, 1.807) is 18.6 Å². The first-order valence-electron chi connectivity index (χ1n) is 9.41. The summed E-state index contributed by atoms with van der Waals surface area (Å²) < 4.78 is 1.85. The maximum Gasteiger partial charge on any atom is 0.255 e. The van der Waals surface area contributed by atoms with Gasteiger partial charge in [0.1, 0.15) is 0 Å². The first-order chi connectivity index (χ1) is 14.9. The van der Waals surface area contributed by atoms with Crippen LogP contribution in [0.2, 0.25) is 0 Å².